The molecule has 1 aromatic carbocycles. The van der Waals surface area contributed by atoms with Crippen molar-refractivity contribution in [1.82, 2.24) is 0 Å². The smallest absolute Gasteiger partial charge is 0.333 e. The molecule has 0 spiro atoms. The third-order valence-corrected chi connectivity index (χ3v) is 4.89. The lowest BCUT2D eigenvalue weighted by atomic mass is 10.1. The van der Waals surface area contributed by atoms with E-state index >= 15 is 0 Å². The molecular weight excluding hydrogens is 308 g/mol. The summed E-state index contributed by atoms with van der Waals surface area (Å²) in [7, 11) is -3.90. The zero-order valence-electron chi connectivity index (χ0n) is 12.0. The molecule has 0 radical (unpaired) electrons. The lowest BCUT2D eigenvalue weighted by Gasteiger charge is -2.08. The molecule has 8 heteroatoms. The van der Waals surface area contributed by atoms with Gasteiger partial charge in [-0.1, -0.05) is 23.8 Å². The highest BCUT2D eigenvalue weighted by molar-refractivity contribution is 7.90. The number of hydrogen-bond donors (Lipinski definition) is 0. The number of pyridine rings is 1. The van der Waals surface area contributed by atoms with Gasteiger partial charge in [0, 0.05) is 12.1 Å². The van der Waals surface area contributed by atoms with Crippen LogP contribution < -0.4 is 4.73 Å². The van der Waals surface area contributed by atoms with E-state index in [-0.39, 0.29) is 10.5 Å². The molecule has 2 aromatic rings. The highest BCUT2D eigenvalue weighted by atomic mass is 32.2. The van der Waals surface area contributed by atoms with Crippen LogP contribution in [0.1, 0.15) is 16.7 Å². The van der Waals surface area contributed by atoms with Crippen LogP contribution >= 0.6 is 0 Å². The Morgan fingerprint density at radius 1 is 1.18 bits per heavy atom. The first kappa shape index (κ1) is 15.9. The standard InChI is InChI=1S/C14H14N2O5S/c1-10-3-4-11(2)12(7-10)9-22(20,21)14-6-5-13(16(18)19)8-15(14)17/h3-8H,9H2,1-2H3. The zero-order valence-corrected chi connectivity index (χ0v) is 12.8. The first-order chi connectivity index (χ1) is 10.2. The monoisotopic (exact) mass is 322 g/mol. The predicted octanol–water partition coefficient (Wildman–Crippen LogP) is 1.82. The van der Waals surface area contributed by atoms with Gasteiger partial charge in [0.15, 0.2) is 0 Å². The van der Waals surface area contributed by atoms with Crippen molar-refractivity contribution in [3.8, 4) is 0 Å². The molecule has 2 rings (SSSR count). The van der Waals surface area contributed by atoms with Crippen molar-refractivity contribution in [3.63, 3.8) is 0 Å². The van der Waals surface area contributed by atoms with Crippen molar-refractivity contribution in [3.05, 3.63) is 68.5 Å². The van der Waals surface area contributed by atoms with Crippen LogP contribution in [0.15, 0.2) is 41.6 Å². The maximum atomic E-state index is 12.4. The van der Waals surface area contributed by atoms with Gasteiger partial charge in [0.05, 0.1) is 10.7 Å². The molecule has 0 aliphatic rings. The molecule has 0 N–H and O–H groups in total. The van der Waals surface area contributed by atoms with E-state index in [4.69, 9.17) is 0 Å². The Morgan fingerprint density at radius 2 is 1.86 bits per heavy atom. The Balaban J connectivity index is 2.43. The summed E-state index contributed by atoms with van der Waals surface area (Å²) in [6.07, 6.45) is 0.649. The van der Waals surface area contributed by atoms with E-state index in [1.165, 1.54) is 0 Å². The molecule has 0 fully saturated rings. The molecule has 0 bridgehead atoms. The van der Waals surface area contributed by atoms with Crippen LogP contribution in [-0.4, -0.2) is 13.3 Å². The summed E-state index contributed by atoms with van der Waals surface area (Å²) in [6, 6.07) is 7.38. The van der Waals surface area contributed by atoms with E-state index in [0.717, 1.165) is 23.3 Å². The summed E-state index contributed by atoms with van der Waals surface area (Å²) >= 11 is 0. The minimum atomic E-state index is -3.90. The van der Waals surface area contributed by atoms with Gasteiger partial charge >= 0.3 is 10.7 Å². The van der Waals surface area contributed by atoms with E-state index in [0.29, 0.717) is 11.8 Å². The van der Waals surface area contributed by atoms with Crippen molar-refractivity contribution in [1.29, 1.82) is 0 Å². The molecule has 116 valence electrons. The van der Waals surface area contributed by atoms with E-state index in [9.17, 15) is 23.7 Å². The van der Waals surface area contributed by atoms with Crippen LogP contribution in [0.2, 0.25) is 0 Å². The van der Waals surface area contributed by atoms with Crippen LogP contribution in [-0.2, 0) is 15.6 Å². The normalized spacial score (nSPS) is 11.4. The fourth-order valence-corrected chi connectivity index (χ4v) is 3.51. The Kier molecular flexibility index (Phi) is 4.14. The summed E-state index contributed by atoms with van der Waals surface area (Å²) in [5, 5.41) is 21.9. The van der Waals surface area contributed by atoms with Crippen LogP contribution in [0.5, 0.6) is 0 Å². The SMILES string of the molecule is Cc1ccc(C)c(CS(=O)(=O)c2ccc([N+](=O)[O-])c[n+]2[O-])c1. The summed E-state index contributed by atoms with van der Waals surface area (Å²) < 4.78 is 24.8. The molecule has 1 aromatic heterocycles. The lowest BCUT2D eigenvalue weighted by molar-refractivity contribution is -0.649. The predicted molar refractivity (Wildman–Crippen MR) is 78.9 cm³/mol. The van der Waals surface area contributed by atoms with Gasteiger partial charge < -0.3 is 5.21 Å². The maximum absolute atomic E-state index is 12.4. The van der Waals surface area contributed by atoms with E-state index in [1.54, 1.807) is 19.1 Å². The Bertz CT molecular complexity index is 846. The number of nitrogens with zero attached hydrogens (tertiary/aromatic N) is 2. The summed E-state index contributed by atoms with van der Waals surface area (Å²) in [5.74, 6) is -0.333. The minimum absolute atomic E-state index is 0.0264. The van der Waals surface area contributed by atoms with Gasteiger partial charge in [0.25, 0.3) is 6.20 Å². The van der Waals surface area contributed by atoms with Crippen LogP contribution in [0.4, 0.5) is 5.69 Å². The van der Waals surface area contributed by atoms with Crippen LogP contribution in [0.25, 0.3) is 0 Å². The zero-order chi connectivity index (χ0) is 16.5. The Labute approximate surface area is 127 Å². The largest absolute Gasteiger partial charge is 0.618 e. The van der Waals surface area contributed by atoms with Crippen LogP contribution in [0, 0.1) is 29.2 Å². The van der Waals surface area contributed by atoms with Crippen LogP contribution in [0.3, 0.4) is 0 Å². The van der Waals surface area contributed by atoms with Gasteiger partial charge in [0.2, 0.25) is 9.84 Å². The average molecular weight is 322 g/mol. The maximum Gasteiger partial charge on any atom is 0.333 e. The van der Waals surface area contributed by atoms with Gasteiger partial charge in [-0.3, -0.25) is 10.1 Å². The highest BCUT2D eigenvalue weighted by Gasteiger charge is 2.27. The van der Waals surface area contributed by atoms with Crippen molar-refractivity contribution in [2.24, 2.45) is 0 Å². The lowest BCUT2D eigenvalue weighted by Crippen LogP contribution is -2.34. The molecule has 0 aliphatic carbocycles. The fourth-order valence-electron chi connectivity index (χ4n) is 2.04. The third kappa shape index (κ3) is 3.22. The second-order valence-corrected chi connectivity index (χ2v) is 6.93. The topological polar surface area (TPSA) is 104 Å². The molecule has 22 heavy (non-hydrogen) atoms. The van der Waals surface area contributed by atoms with Gasteiger partial charge in [-0.25, -0.2) is 8.42 Å². The number of hydrogen-bond acceptors (Lipinski definition) is 5. The minimum Gasteiger partial charge on any atom is -0.618 e. The van der Waals surface area contributed by atoms with Crippen molar-refractivity contribution in [2.45, 2.75) is 24.6 Å². The van der Waals surface area contributed by atoms with Crippen molar-refractivity contribution < 1.29 is 18.1 Å². The number of nitro groups is 1. The molecule has 0 atom stereocenters. The molecule has 0 saturated carbocycles. The molecule has 1 heterocycles. The molecule has 0 unspecified atom stereocenters. The summed E-state index contributed by atoms with van der Waals surface area (Å²) in [4.78, 5) is 9.84. The third-order valence-electron chi connectivity index (χ3n) is 3.24. The first-order valence-corrected chi connectivity index (χ1v) is 8.02. The van der Waals surface area contributed by atoms with Crippen molar-refractivity contribution in [2.75, 3.05) is 0 Å². The van der Waals surface area contributed by atoms with Gasteiger partial charge in [0.1, 0.15) is 0 Å². The number of benzene rings is 1. The second kappa shape index (κ2) is 5.72. The quantitative estimate of drug-likeness (QED) is 0.369. The molecule has 0 aliphatic heterocycles. The number of sulfone groups is 1. The highest BCUT2D eigenvalue weighted by Crippen LogP contribution is 2.19. The molecular formula is C14H14N2O5S. The Morgan fingerprint density at radius 3 is 2.45 bits per heavy atom. The Hall–Kier alpha value is -2.48. The van der Waals surface area contributed by atoms with Gasteiger partial charge in [-0.15, -0.1) is 0 Å². The van der Waals surface area contributed by atoms with E-state index < -0.39 is 25.5 Å². The summed E-state index contributed by atoms with van der Waals surface area (Å²) in [6.45, 7) is 3.63. The fraction of sp³-hybridized carbons (Fsp3) is 0.214. The molecule has 0 saturated heterocycles. The van der Waals surface area contributed by atoms with Crippen molar-refractivity contribution >= 4 is 15.5 Å². The number of rotatable bonds is 4. The van der Waals surface area contributed by atoms with E-state index in [1.807, 2.05) is 13.0 Å². The summed E-state index contributed by atoms with van der Waals surface area (Å²) in [5.41, 5.74) is 1.85. The second-order valence-electron chi connectivity index (χ2n) is 5.00. The first-order valence-electron chi connectivity index (χ1n) is 6.37. The average Bonchev–Trinajstić information content (AvgIpc) is 2.42. The van der Waals surface area contributed by atoms with E-state index in [2.05, 4.69) is 0 Å². The van der Waals surface area contributed by atoms with Gasteiger partial charge in [-0.2, -0.15) is 4.73 Å². The van der Waals surface area contributed by atoms with Gasteiger partial charge in [-0.05, 0) is 25.0 Å². The molecule has 7 nitrogen and oxygen atoms in total. The molecule has 0 amide bonds. The number of aryl methyl sites for hydroxylation is 2. The number of aromatic nitrogens is 1.